The Morgan fingerprint density at radius 1 is 1.18 bits per heavy atom. The van der Waals surface area contributed by atoms with Crippen LogP contribution in [0.2, 0.25) is 0 Å². The van der Waals surface area contributed by atoms with E-state index in [0.29, 0.717) is 18.8 Å². The molecule has 17 heavy (non-hydrogen) atoms. The Balaban J connectivity index is 2.39. The van der Waals surface area contributed by atoms with Crippen LogP contribution >= 0.6 is 0 Å². The van der Waals surface area contributed by atoms with Crippen LogP contribution in [-0.4, -0.2) is 16.7 Å². The molecule has 2 aromatic rings. The van der Waals surface area contributed by atoms with Gasteiger partial charge in [-0.3, -0.25) is 0 Å². The minimum Gasteiger partial charge on any atom is -0.334 e. The van der Waals surface area contributed by atoms with E-state index in [1.54, 1.807) is 0 Å². The van der Waals surface area contributed by atoms with Crippen LogP contribution in [0.15, 0.2) is 16.7 Å². The van der Waals surface area contributed by atoms with Crippen molar-refractivity contribution in [2.24, 2.45) is 5.73 Å². The van der Waals surface area contributed by atoms with Gasteiger partial charge in [0.25, 0.3) is 5.89 Å². The van der Waals surface area contributed by atoms with E-state index in [1.165, 1.54) is 0 Å². The number of hydrogen-bond acceptors (Lipinski definition) is 4. The lowest BCUT2D eigenvalue weighted by Gasteiger charge is -1.97. The van der Waals surface area contributed by atoms with Gasteiger partial charge < -0.3 is 10.3 Å². The first kappa shape index (κ1) is 11.6. The summed E-state index contributed by atoms with van der Waals surface area (Å²) in [6.45, 7) is 0.325. The first-order valence-corrected chi connectivity index (χ1v) is 4.79. The molecule has 7 heteroatoms. The summed E-state index contributed by atoms with van der Waals surface area (Å²) in [5, 5.41) is 3.56. The van der Waals surface area contributed by atoms with Gasteiger partial charge in [-0.15, -0.1) is 0 Å². The van der Waals surface area contributed by atoms with Crippen LogP contribution in [0.4, 0.5) is 13.2 Å². The number of rotatable bonds is 3. The first-order valence-electron chi connectivity index (χ1n) is 4.79. The van der Waals surface area contributed by atoms with Crippen molar-refractivity contribution in [3.05, 3.63) is 35.4 Å². The molecule has 0 aliphatic heterocycles. The van der Waals surface area contributed by atoms with Gasteiger partial charge in [-0.05, 0) is 18.7 Å². The Bertz CT molecular complexity index is 518. The smallest absolute Gasteiger partial charge is 0.258 e. The summed E-state index contributed by atoms with van der Waals surface area (Å²) in [6.07, 6.45) is 0.385. The maximum Gasteiger partial charge on any atom is 0.258 e. The summed E-state index contributed by atoms with van der Waals surface area (Å²) in [5.41, 5.74) is 5.27. The highest BCUT2D eigenvalue weighted by Gasteiger charge is 2.15. The van der Waals surface area contributed by atoms with E-state index >= 15 is 0 Å². The molecule has 1 aromatic carbocycles. The molecule has 0 spiro atoms. The van der Waals surface area contributed by atoms with Gasteiger partial charge >= 0.3 is 0 Å². The molecule has 0 unspecified atom stereocenters. The Morgan fingerprint density at radius 2 is 1.82 bits per heavy atom. The van der Waals surface area contributed by atoms with Gasteiger partial charge in [0.2, 0.25) is 0 Å². The van der Waals surface area contributed by atoms with Gasteiger partial charge in [0, 0.05) is 12.0 Å². The minimum atomic E-state index is -1.53. The summed E-state index contributed by atoms with van der Waals surface area (Å²) in [7, 11) is 0. The van der Waals surface area contributed by atoms with Crippen LogP contribution < -0.4 is 5.73 Å². The van der Waals surface area contributed by atoms with Crippen LogP contribution in [-0.2, 0) is 6.42 Å². The molecular weight excluding hydrogens is 235 g/mol. The van der Waals surface area contributed by atoms with E-state index in [0.717, 1.165) is 12.1 Å². The second-order valence-electron chi connectivity index (χ2n) is 3.31. The van der Waals surface area contributed by atoms with Crippen LogP contribution in [0.1, 0.15) is 5.82 Å². The van der Waals surface area contributed by atoms with E-state index in [1.807, 2.05) is 0 Å². The predicted molar refractivity (Wildman–Crippen MR) is 52.4 cm³/mol. The van der Waals surface area contributed by atoms with Crippen molar-refractivity contribution >= 4 is 0 Å². The molecular formula is C10H8F3N3O. The summed E-state index contributed by atoms with van der Waals surface area (Å²) >= 11 is 0. The SMILES string of the molecule is NCCc1noc(-c2cc(F)c(F)c(F)c2)n1. The summed E-state index contributed by atoms with van der Waals surface area (Å²) in [4.78, 5) is 3.87. The molecule has 2 N–H and O–H groups in total. The van der Waals surface area contributed by atoms with E-state index in [-0.39, 0.29) is 11.5 Å². The van der Waals surface area contributed by atoms with Gasteiger partial charge in [0.05, 0.1) is 0 Å². The number of benzene rings is 1. The lowest BCUT2D eigenvalue weighted by atomic mass is 10.2. The van der Waals surface area contributed by atoms with Crippen molar-refractivity contribution in [2.75, 3.05) is 6.54 Å². The van der Waals surface area contributed by atoms with Gasteiger partial charge in [0.1, 0.15) is 0 Å². The Kier molecular flexibility index (Phi) is 3.10. The van der Waals surface area contributed by atoms with Crippen molar-refractivity contribution < 1.29 is 17.7 Å². The molecule has 1 aromatic heterocycles. The number of halogens is 3. The predicted octanol–water partition coefficient (Wildman–Crippen LogP) is 1.66. The highest BCUT2D eigenvalue weighted by atomic mass is 19.2. The molecule has 90 valence electrons. The summed E-state index contributed by atoms with van der Waals surface area (Å²) in [6, 6.07) is 1.58. The standard InChI is InChI=1S/C10H8F3N3O/c11-6-3-5(4-7(12)9(6)13)10-15-8(1-2-14)16-17-10/h3-4H,1-2,14H2. The van der Waals surface area contributed by atoms with E-state index in [2.05, 4.69) is 10.1 Å². The number of hydrogen-bond donors (Lipinski definition) is 1. The minimum absolute atomic E-state index is 0.0165. The molecule has 0 radical (unpaired) electrons. The van der Waals surface area contributed by atoms with Gasteiger partial charge in [-0.25, -0.2) is 13.2 Å². The fraction of sp³-hybridized carbons (Fsp3) is 0.200. The van der Waals surface area contributed by atoms with Crippen molar-refractivity contribution in [3.8, 4) is 11.5 Å². The molecule has 1 heterocycles. The van der Waals surface area contributed by atoms with Crippen molar-refractivity contribution in [2.45, 2.75) is 6.42 Å². The quantitative estimate of drug-likeness (QED) is 0.832. The number of aromatic nitrogens is 2. The third kappa shape index (κ3) is 2.28. The normalized spacial score (nSPS) is 10.8. The Morgan fingerprint density at radius 3 is 2.41 bits per heavy atom. The molecule has 4 nitrogen and oxygen atoms in total. The van der Waals surface area contributed by atoms with Crippen LogP contribution in [0, 0.1) is 17.5 Å². The largest absolute Gasteiger partial charge is 0.334 e. The highest BCUT2D eigenvalue weighted by molar-refractivity contribution is 5.53. The molecule has 0 atom stereocenters. The molecule has 0 fully saturated rings. The average Bonchev–Trinajstić information content (AvgIpc) is 2.74. The lowest BCUT2D eigenvalue weighted by molar-refractivity contribution is 0.419. The highest BCUT2D eigenvalue weighted by Crippen LogP contribution is 2.22. The molecule has 0 amide bonds. The third-order valence-electron chi connectivity index (χ3n) is 2.07. The Hall–Kier alpha value is -1.89. The maximum absolute atomic E-state index is 13.0. The molecule has 0 saturated heterocycles. The summed E-state index contributed by atoms with van der Waals surface area (Å²) in [5.74, 6) is -3.90. The van der Waals surface area contributed by atoms with Crippen molar-refractivity contribution in [1.29, 1.82) is 0 Å². The zero-order chi connectivity index (χ0) is 12.4. The maximum atomic E-state index is 13.0. The lowest BCUT2D eigenvalue weighted by Crippen LogP contribution is -2.03. The van der Waals surface area contributed by atoms with Crippen LogP contribution in [0.25, 0.3) is 11.5 Å². The van der Waals surface area contributed by atoms with E-state index in [9.17, 15) is 13.2 Å². The molecule has 0 aliphatic carbocycles. The van der Waals surface area contributed by atoms with Gasteiger partial charge in [-0.2, -0.15) is 4.98 Å². The topological polar surface area (TPSA) is 64.9 Å². The Labute approximate surface area is 94.2 Å². The first-order chi connectivity index (χ1) is 8.11. The second kappa shape index (κ2) is 4.54. The molecule has 0 saturated carbocycles. The second-order valence-corrected chi connectivity index (χ2v) is 3.31. The zero-order valence-electron chi connectivity index (χ0n) is 8.58. The average molecular weight is 243 g/mol. The fourth-order valence-corrected chi connectivity index (χ4v) is 1.28. The van der Waals surface area contributed by atoms with E-state index in [4.69, 9.17) is 10.3 Å². The van der Waals surface area contributed by atoms with Crippen LogP contribution in [0.5, 0.6) is 0 Å². The van der Waals surface area contributed by atoms with Gasteiger partial charge in [-0.1, -0.05) is 5.16 Å². The van der Waals surface area contributed by atoms with Crippen LogP contribution in [0.3, 0.4) is 0 Å². The third-order valence-corrected chi connectivity index (χ3v) is 2.07. The molecule has 2 rings (SSSR count). The van der Waals surface area contributed by atoms with Crippen molar-refractivity contribution in [1.82, 2.24) is 10.1 Å². The molecule has 0 aliphatic rings. The number of nitrogens with zero attached hydrogens (tertiary/aromatic N) is 2. The number of nitrogens with two attached hydrogens (primary N) is 1. The summed E-state index contributed by atoms with van der Waals surface area (Å²) < 4.78 is 43.4. The zero-order valence-corrected chi connectivity index (χ0v) is 8.58. The monoisotopic (exact) mass is 243 g/mol. The molecule has 0 bridgehead atoms. The fourth-order valence-electron chi connectivity index (χ4n) is 1.28. The van der Waals surface area contributed by atoms with E-state index < -0.39 is 17.5 Å². The van der Waals surface area contributed by atoms with Crippen molar-refractivity contribution in [3.63, 3.8) is 0 Å². The van der Waals surface area contributed by atoms with Gasteiger partial charge in [0.15, 0.2) is 23.3 Å².